The van der Waals surface area contributed by atoms with Gasteiger partial charge in [0.05, 0.1) is 6.54 Å². The first-order valence-electron chi connectivity index (χ1n) is 6.18. The maximum absolute atomic E-state index is 4.60. The molecule has 2 aliphatic rings. The number of aliphatic imine (C=N–C) groups is 1. The van der Waals surface area contributed by atoms with E-state index in [9.17, 15) is 0 Å². The van der Waals surface area contributed by atoms with Gasteiger partial charge in [-0.3, -0.25) is 4.99 Å². The quantitative estimate of drug-likeness (QED) is 0.797. The second-order valence-corrected chi connectivity index (χ2v) is 6.19. The van der Waals surface area contributed by atoms with Gasteiger partial charge in [0.2, 0.25) is 0 Å². The van der Waals surface area contributed by atoms with Crippen molar-refractivity contribution in [1.82, 2.24) is 5.32 Å². The molecule has 1 aliphatic heterocycles. The molecule has 2 rings (SSSR count). The molecular weight excluding hydrogens is 204 g/mol. The van der Waals surface area contributed by atoms with Gasteiger partial charge in [-0.05, 0) is 31.6 Å². The topological polar surface area (TPSA) is 24.4 Å². The van der Waals surface area contributed by atoms with Gasteiger partial charge in [0.15, 0.2) is 5.17 Å². The first-order chi connectivity index (χ1) is 7.20. The molecule has 1 aliphatic carbocycles. The van der Waals surface area contributed by atoms with E-state index in [-0.39, 0.29) is 0 Å². The summed E-state index contributed by atoms with van der Waals surface area (Å²) in [6, 6.07) is 0.555. The molecule has 1 heterocycles. The zero-order chi connectivity index (χ0) is 10.8. The van der Waals surface area contributed by atoms with Crippen molar-refractivity contribution in [1.29, 1.82) is 0 Å². The van der Waals surface area contributed by atoms with Gasteiger partial charge in [0.25, 0.3) is 0 Å². The van der Waals surface area contributed by atoms with E-state index in [2.05, 4.69) is 31.1 Å². The van der Waals surface area contributed by atoms with Crippen LogP contribution in [0.3, 0.4) is 0 Å². The minimum Gasteiger partial charge on any atom is -0.362 e. The van der Waals surface area contributed by atoms with Crippen LogP contribution in [-0.2, 0) is 0 Å². The Hall–Kier alpha value is -0.180. The van der Waals surface area contributed by atoms with Crippen molar-refractivity contribution in [3.8, 4) is 0 Å². The van der Waals surface area contributed by atoms with E-state index >= 15 is 0 Å². The first kappa shape index (κ1) is 11.3. The highest BCUT2D eigenvalue weighted by molar-refractivity contribution is 8.14. The van der Waals surface area contributed by atoms with Crippen molar-refractivity contribution >= 4 is 16.9 Å². The predicted molar refractivity (Wildman–Crippen MR) is 68.5 cm³/mol. The fraction of sp³-hybridized carbons (Fsp3) is 0.917. The van der Waals surface area contributed by atoms with E-state index in [4.69, 9.17) is 0 Å². The molecule has 1 N–H and O–H groups in total. The van der Waals surface area contributed by atoms with Crippen LogP contribution in [0.25, 0.3) is 0 Å². The second kappa shape index (κ2) is 4.77. The van der Waals surface area contributed by atoms with Crippen LogP contribution in [0.4, 0.5) is 0 Å². The van der Waals surface area contributed by atoms with E-state index in [0.717, 1.165) is 23.6 Å². The van der Waals surface area contributed by atoms with Gasteiger partial charge in [-0.25, -0.2) is 0 Å². The number of rotatable bonds is 4. The number of nitrogens with zero attached hydrogens (tertiary/aromatic N) is 1. The molecule has 0 bridgehead atoms. The van der Waals surface area contributed by atoms with Crippen LogP contribution >= 0.6 is 11.8 Å². The predicted octanol–water partition coefficient (Wildman–Crippen LogP) is 2.89. The summed E-state index contributed by atoms with van der Waals surface area (Å²) in [6.07, 6.45) is 4.10. The molecule has 3 unspecified atom stereocenters. The van der Waals surface area contributed by atoms with Crippen molar-refractivity contribution in [2.45, 2.75) is 51.3 Å². The van der Waals surface area contributed by atoms with E-state index in [0.29, 0.717) is 6.04 Å². The summed E-state index contributed by atoms with van der Waals surface area (Å²) in [6.45, 7) is 7.86. The third-order valence-corrected chi connectivity index (χ3v) is 4.98. The fourth-order valence-corrected chi connectivity index (χ4v) is 3.18. The van der Waals surface area contributed by atoms with Gasteiger partial charge >= 0.3 is 0 Å². The smallest absolute Gasteiger partial charge is 0.157 e. The highest BCUT2D eigenvalue weighted by Crippen LogP contribution is 2.41. The standard InChI is InChI=1S/C12H22N2S/c1-4-8(2)9(3)14-12-13-7-11(15-12)10-5-6-10/h8-11H,4-7H2,1-3H3,(H,13,14). The molecule has 3 atom stereocenters. The SMILES string of the molecule is CCC(C)C(C)NC1=NCC(C2CC2)S1. The van der Waals surface area contributed by atoms with Crippen molar-refractivity contribution in [2.75, 3.05) is 6.54 Å². The lowest BCUT2D eigenvalue weighted by Crippen LogP contribution is -2.35. The second-order valence-electron chi connectivity index (χ2n) is 4.96. The van der Waals surface area contributed by atoms with E-state index < -0.39 is 0 Å². The Morgan fingerprint density at radius 2 is 2.20 bits per heavy atom. The van der Waals surface area contributed by atoms with Crippen molar-refractivity contribution in [3.05, 3.63) is 0 Å². The molecule has 3 heteroatoms. The highest BCUT2D eigenvalue weighted by atomic mass is 32.2. The Kier molecular flexibility index (Phi) is 3.60. The molecule has 0 amide bonds. The van der Waals surface area contributed by atoms with Gasteiger partial charge in [-0.1, -0.05) is 32.0 Å². The van der Waals surface area contributed by atoms with Crippen LogP contribution in [0.1, 0.15) is 40.0 Å². The zero-order valence-corrected chi connectivity index (χ0v) is 10.8. The van der Waals surface area contributed by atoms with E-state index in [1.165, 1.54) is 24.4 Å². The summed E-state index contributed by atoms with van der Waals surface area (Å²) in [4.78, 5) is 4.60. The van der Waals surface area contributed by atoms with Crippen LogP contribution < -0.4 is 5.32 Å². The molecule has 2 nitrogen and oxygen atoms in total. The summed E-state index contributed by atoms with van der Waals surface area (Å²) in [5.41, 5.74) is 0. The normalized spacial score (nSPS) is 29.8. The third-order valence-electron chi connectivity index (χ3n) is 3.67. The molecular formula is C12H22N2S. The molecule has 0 spiro atoms. The Morgan fingerprint density at radius 1 is 1.47 bits per heavy atom. The van der Waals surface area contributed by atoms with Crippen LogP contribution in [0, 0.1) is 11.8 Å². The molecule has 86 valence electrons. The molecule has 0 radical (unpaired) electrons. The lowest BCUT2D eigenvalue weighted by Gasteiger charge is -2.20. The van der Waals surface area contributed by atoms with Gasteiger partial charge in [0, 0.05) is 11.3 Å². The van der Waals surface area contributed by atoms with E-state index in [1.807, 2.05) is 11.8 Å². The van der Waals surface area contributed by atoms with Crippen LogP contribution in [0.5, 0.6) is 0 Å². The Bertz CT molecular complexity index is 248. The number of thioether (sulfide) groups is 1. The summed E-state index contributed by atoms with van der Waals surface area (Å²) in [5, 5.41) is 5.54. The van der Waals surface area contributed by atoms with Crippen molar-refractivity contribution < 1.29 is 0 Å². The first-order valence-corrected chi connectivity index (χ1v) is 7.06. The number of hydrogen-bond donors (Lipinski definition) is 1. The van der Waals surface area contributed by atoms with Crippen molar-refractivity contribution in [2.24, 2.45) is 16.8 Å². The van der Waals surface area contributed by atoms with Gasteiger partial charge < -0.3 is 5.32 Å². The zero-order valence-electron chi connectivity index (χ0n) is 9.99. The Balaban J connectivity index is 1.75. The Morgan fingerprint density at radius 3 is 2.80 bits per heavy atom. The molecule has 1 saturated carbocycles. The number of amidine groups is 1. The number of nitrogens with one attached hydrogen (secondary N) is 1. The Labute approximate surface area is 97.3 Å². The molecule has 0 aromatic rings. The largest absolute Gasteiger partial charge is 0.362 e. The molecule has 0 aromatic carbocycles. The molecule has 15 heavy (non-hydrogen) atoms. The van der Waals surface area contributed by atoms with E-state index in [1.54, 1.807) is 0 Å². The van der Waals surface area contributed by atoms with Gasteiger partial charge in [-0.15, -0.1) is 0 Å². The van der Waals surface area contributed by atoms with Gasteiger partial charge in [-0.2, -0.15) is 0 Å². The monoisotopic (exact) mass is 226 g/mol. The highest BCUT2D eigenvalue weighted by Gasteiger charge is 2.35. The van der Waals surface area contributed by atoms with Gasteiger partial charge in [0.1, 0.15) is 0 Å². The maximum Gasteiger partial charge on any atom is 0.157 e. The van der Waals surface area contributed by atoms with Crippen LogP contribution in [0.15, 0.2) is 4.99 Å². The van der Waals surface area contributed by atoms with Crippen LogP contribution in [0.2, 0.25) is 0 Å². The molecule has 0 aromatic heterocycles. The average Bonchev–Trinajstić information content (AvgIpc) is 2.99. The van der Waals surface area contributed by atoms with Crippen LogP contribution in [-0.4, -0.2) is 23.0 Å². The minimum atomic E-state index is 0.555. The summed E-state index contributed by atoms with van der Waals surface area (Å²) in [7, 11) is 0. The molecule has 0 saturated heterocycles. The number of hydrogen-bond acceptors (Lipinski definition) is 3. The maximum atomic E-state index is 4.60. The minimum absolute atomic E-state index is 0.555. The fourth-order valence-electron chi connectivity index (χ4n) is 1.87. The average molecular weight is 226 g/mol. The summed E-state index contributed by atoms with van der Waals surface area (Å²) in [5.74, 6) is 1.70. The molecule has 1 fully saturated rings. The van der Waals surface area contributed by atoms with Crippen molar-refractivity contribution in [3.63, 3.8) is 0 Å². The third kappa shape index (κ3) is 2.90. The lowest BCUT2D eigenvalue weighted by molar-refractivity contribution is 0.439. The summed E-state index contributed by atoms with van der Waals surface area (Å²) < 4.78 is 0. The summed E-state index contributed by atoms with van der Waals surface area (Å²) >= 11 is 1.98. The lowest BCUT2D eigenvalue weighted by atomic mass is 10.0.